The van der Waals surface area contributed by atoms with E-state index >= 15 is 0 Å². The van der Waals surface area contributed by atoms with Gasteiger partial charge < -0.3 is 4.98 Å². The summed E-state index contributed by atoms with van der Waals surface area (Å²) >= 11 is 5.87. The molecule has 0 radical (unpaired) electrons. The van der Waals surface area contributed by atoms with E-state index in [1.807, 2.05) is 4.72 Å². The number of carbonyl (C=O) groups is 1. The third-order valence-electron chi connectivity index (χ3n) is 3.70. The SMILES string of the molecule is [2H]C([2H])([2H])CCS(=O)(=O)Nc1ccc(F)c(C(=O)c2c[nH]c3ncc(Cl)cc23)c1F. The predicted molar refractivity (Wildman–Crippen MR) is 98.6 cm³/mol. The van der Waals surface area contributed by atoms with Crippen LogP contribution in [-0.4, -0.2) is 29.9 Å². The molecular weight excluding hydrogens is 400 g/mol. The first-order valence-electron chi connectivity index (χ1n) is 9.04. The number of benzene rings is 1. The van der Waals surface area contributed by atoms with Gasteiger partial charge in [0.05, 0.1) is 22.0 Å². The molecular formula is C17H14ClF2N3O3S. The summed E-state index contributed by atoms with van der Waals surface area (Å²) in [6.45, 7) is -2.50. The molecule has 1 aromatic carbocycles. The lowest BCUT2D eigenvalue weighted by Crippen LogP contribution is -2.18. The van der Waals surface area contributed by atoms with Crippen LogP contribution in [0.25, 0.3) is 11.0 Å². The minimum Gasteiger partial charge on any atom is -0.345 e. The second-order valence-corrected chi connectivity index (χ2v) is 7.81. The molecule has 0 atom stereocenters. The number of halogens is 3. The molecule has 0 bridgehead atoms. The molecule has 10 heteroatoms. The predicted octanol–water partition coefficient (Wildman–Crippen LogP) is 3.88. The van der Waals surface area contributed by atoms with Crippen molar-refractivity contribution in [1.82, 2.24) is 9.97 Å². The highest BCUT2D eigenvalue weighted by atomic mass is 35.5. The van der Waals surface area contributed by atoms with Crippen molar-refractivity contribution in [3.8, 4) is 0 Å². The maximum Gasteiger partial charge on any atom is 0.232 e. The van der Waals surface area contributed by atoms with Gasteiger partial charge in [-0.15, -0.1) is 0 Å². The number of H-pyrrole nitrogens is 1. The molecule has 2 N–H and O–H groups in total. The van der Waals surface area contributed by atoms with Crippen molar-refractivity contribution in [1.29, 1.82) is 0 Å². The highest BCUT2D eigenvalue weighted by Gasteiger charge is 2.25. The second-order valence-electron chi connectivity index (χ2n) is 5.54. The van der Waals surface area contributed by atoms with E-state index in [-0.39, 0.29) is 21.6 Å². The van der Waals surface area contributed by atoms with Gasteiger partial charge in [0, 0.05) is 27.5 Å². The molecule has 142 valence electrons. The van der Waals surface area contributed by atoms with Gasteiger partial charge in [-0.25, -0.2) is 22.2 Å². The smallest absolute Gasteiger partial charge is 0.232 e. The largest absolute Gasteiger partial charge is 0.345 e. The quantitative estimate of drug-likeness (QED) is 0.596. The number of aromatic amines is 1. The topological polar surface area (TPSA) is 91.9 Å². The summed E-state index contributed by atoms with van der Waals surface area (Å²) in [6.07, 6.45) is 1.87. The molecule has 3 rings (SSSR count). The Morgan fingerprint density at radius 2 is 2.19 bits per heavy atom. The van der Waals surface area contributed by atoms with E-state index in [1.54, 1.807) is 0 Å². The Kier molecular flexibility index (Phi) is 4.16. The standard InChI is InChI=1S/C17H14ClF2N3O3S/c1-2-5-27(25,26)23-13-4-3-12(19)14(15(13)20)16(24)11-8-22-17-10(11)6-9(18)7-21-17/h3-4,6-8,23H,2,5H2,1H3,(H,21,22)/i1D3. The third-order valence-corrected chi connectivity index (χ3v) is 5.18. The molecule has 0 aliphatic carbocycles. The van der Waals surface area contributed by atoms with Crippen LogP contribution in [0.4, 0.5) is 14.5 Å². The van der Waals surface area contributed by atoms with Crippen molar-refractivity contribution < 1.29 is 26.1 Å². The zero-order valence-corrected chi connectivity index (χ0v) is 15.1. The number of pyridine rings is 1. The molecule has 6 nitrogen and oxygen atoms in total. The van der Waals surface area contributed by atoms with Crippen LogP contribution in [0.3, 0.4) is 0 Å². The maximum atomic E-state index is 14.9. The fraction of sp³-hybridized carbons (Fsp3) is 0.176. The maximum absolute atomic E-state index is 14.9. The van der Waals surface area contributed by atoms with Crippen LogP contribution in [0.15, 0.2) is 30.6 Å². The number of carbonyl (C=O) groups excluding carboxylic acids is 1. The van der Waals surface area contributed by atoms with Crippen LogP contribution in [0.1, 0.15) is 33.3 Å². The third kappa shape index (κ3) is 3.79. The van der Waals surface area contributed by atoms with Gasteiger partial charge in [-0.3, -0.25) is 9.52 Å². The number of sulfonamides is 1. The minimum atomic E-state index is -4.26. The van der Waals surface area contributed by atoms with E-state index in [0.29, 0.717) is 0 Å². The summed E-state index contributed by atoms with van der Waals surface area (Å²) in [7, 11) is -4.26. The average Bonchev–Trinajstić information content (AvgIpc) is 3.05. The number of hydrogen-bond donors (Lipinski definition) is 2. The van der Waals surface area contributed by atoms with Gasteiger partial charge in [-0.1, -0.05) is 18.5 Å². The van der Waals surface area contributed by atoms with Crippen molar-refractivity contribution in [2.45, 2.75) is 13.3 Å². The van der Waals surface area contributed by atoms with Gasteiger partial charge in [0.15, 0.2) is 5.82 Å². The van der Waals surface area contributed by atoms with Crippen LogP contribution < -0.4 is 4.72 Å². The van der Waals surface area contributed by atoms with Gasteiger partial charge in [0.1, 0.15) is 11.5 Å². The molecule has 27 heavy (non-hydrogen) atoms. The number of nitrogens with one attached hydrogen (secondary N) is 2. The number of fused-ring (bicyclic) bond motifs is 1. The lowest BCUT2D eigenvalue weighted by Gasteiger charge is -2.11. The van der Waals surface area contributed by atoms with E-state index in [4.69, 9.17) is 15.7 Å². The normalized spacial score (nSPS) is 13.8. The zero-order valence-electron chi connectivity index (χ0n) is 16.5. The summed E-state index contributed by atoms with van der Waals surface area (Å²) < 4.78 is 76.4. The Morgan fingerprint density at radius 1 is 1.41 bits per heavy atom. The number of rotatable bonds is 6. The van der Waals surface area contributed by atoms with Gasteiger partial charge in [0.2, 0.25) is 15.8 Å². The van der Waals surface area contributed by atoms with Crippen molar-refractivity contribution in [3.63, 3.8) is 0 Å². The Bertz CT molecular complexity index is 1250. The van der Waals surface area contributed by atoms with Crippen molar-refractivity contribution in [2.24, 2.45) is 0 Å². The van der Waals surface area contributed by atoms with Crippen molar-refractivity contribution in [3.05, 3.63) is 58.4 Å². The lowest BCUT2D eigenvalue weighted by atomic mass is 10.0. The Labute approximate surface area is 162 Å². The molecule has 0 aliphatic rings. The average molecular weight is 417 g/mol. The van der Waals surface area contributed by atoms with E-state index < -0.39 is 57.7 Å². The molecule has 0 fully saturated rings. The monoisotopic (exact) mass is 416 g/mol. The molecule has 0 saturated carbocycles. The number of hydrogen-bond acceptors (Lipinski definition) is 4. The number of nitrogens with zero attached hydrogens (tertiary/aromatic N) is 1. The fourth-order valence-electron chi connectivity index (χ4n) is 2.49. The van der Waals surface area contributed by atoms with Gasteiger partial charge in [-0.2, -0.15) is 0 Å². The van der Waals surface area contributed by atoms with Crippen LogP contribution in [0.5, 0.6) is 0 Å². The summed E-state index contributed by atoms with van der Waals surface area (Å²) in [5.74, 6) is -4.49. The molecule has 0 saturated heterocycles. The summed E-state index contributed by atoms with van der Waals surface area (Å²) in [5, 5.41) is 0.433. The van der Waals surface area contributed by atoms with Gasteiger partial charge in [0.25, 0.3) is 0 Å². The highest BCUT2D eigenvalue weighted by Crippen LogP contribution is 2.28. The summed E-state index contributed by atoms with van der Waals surface area (Å²) in [4.78, 5) is 19.5. The molecule has 2 heterocycles. The van der Waals surface area contributed by atoms with Crippen LogP contribution in [0.2, 0.25) is 5.02 Å². The van der Waals surface area contributed by atoms with E-state index in [1.165, 1.54) is 18.5 Å². The van der Waals surface area contributed by atoms with Crippen molar-refractivity contribution in [2.75, 3.05) is 10.5 Å². The van der Waals surface area contributed by atoms with E-state index in [9.17, 15) is 22.0 Å². The first-order chi connectivity index (χ1) is 13.9. The van der Waals surface area contributed by atoms with Crippen LogP contribution in [0, 0.1) is 11.6 Å². The minimum absolute atomic E-state index is 0.111. The molecule has 0 unspecified atom stereocenters. The summed E-state index contributed by atoms with van der Waals surface area (Å²) in [5.41, 5.74) is -1.50. The molecule has 0 spiro atoms. The second kappa shape index (κ2) is 7.24. The van der Waals surface area contributed by atoms with Gasteiger partial charge in [-0.05, 0) is 24.6 Å². The first-order valence-corrected chi connectivity index (χ1v) is 9.57. The number of ketones is 1. The molecule has 0 aliphatic heterocycles. The lowest BCUT2D eigenvalue weighted by molar-refractivity contribution is 0.103. The Balaban J connectivity index is 1.98. The van der Waals surface area contributed by atoms with Crippen molar-refractivity contribution >= 4 is 44.1 Å². The van der Waals surface area contributed by atoms with Gasteiger partial charge >= 0.3 is 0 Å². The zero-order chi connectivity index (χ0) is 22.3. The number of anilines is 1. The highest BCUT2D eigenvalue weighted by molar-refractivity contribution is 7.92. The Hall–Kier alpha value is -2.52. The molecule has 2 aromatic heterocycles. The van der Waals surface area contributed by atoms with Crippen LogP contribution in [-0.2, 0) is 10.0 Å². The number of aromatic nitrogens is 2. The van der Waals surface area contributed by atoms with Crippen LogP contribution >= 0.6 is 11.6 Å². The van der Waals surface area contributed by atoms with E-state index in [2.05, 4.69) is 9.97 Å². The molecule has 3 aromatic rings. The van der Waals surface area contributed by atoms with E-state index in [0.717, 1.165) is 12.1 Å². The Morgan fingerprint density at radius 3 is 2.93 bits per heavy atom. The summed E-state index contributed by atoms with van der Waals surface area (Å²) in [6, 6.07) is 2.94. The molecule has 0 amide bonds. The first kappa shape index (κ1) is 15.5. The fourth-order valence-corrected chi connectivity index (χ4v) is 3.51.